The molecule has 1 aliphatic carbocycles. The lowest BCUT2D eigenvalue weighted by Crippen LogP contribution is -2.40. The molecule has 0 bridgehead atoms. The molecule has 120 valence electrons. The molecular formula is C13H19N5O4. The SMILES string of the molecule is CN(C)C(=O)CN1C(=O)[C@H]2CC/C(=N\NC(N)=O)C[C@@H]2C1=O. The Balaban J connectivity index is 2.09. The monoisotopic (exact) mass is 309 g/mol. The van der Waals surface area contributed by atoms with Gasteiger partial charge >= 0.3 is 6.03 Å². The molecule has 2 atom stereocenters. The van der Waals surface area contributed by atoms with Crippen LogP contribution in [0.5, 0.6) is 0 Å². The average molecular weight is 309 g/mol. The van der Waals surface area contributed by atoms with Crippen LogP contribution in [0.4, 0.5) is 4.79 Å². The number of carbonyl (C=O) groups excluding carboxylic acids is 4. The van der Waals surface area contributed by atoms with Crippen molar-refractivity contribution in [3.63, 3.8) is 0 Å². The summed E-state index contributed by atoms with van der Waals surface area (Å²) in [6.45, 7) is -0.232. The van der Waals surface area contributed by atoms with Crippen LogP contribution in [0.15, 0.2) is 5.10 Å². The van der Waals surface area contributed by atoms with Crippen molar-refractivity contribution in [3.8, 4) is 0 Å². The maximum atomic E-state index is 12.4. The van der Waals surface area contributed by atoms with Gasteiger partial charge in [-0.25, -0.2) is 10.2 Å². The van der Waals surface area contributed by atoms with Crippen molar-refractivity contribution < 1.29 is 19.2 Å². The van der Waals surface area contributed by atoms with Gasteiger partial charge in [-0.05, 0) is 19.3 Å². The Morgan fingerprint density at radius 2 is 1.95 bits per heavy atom. The predicted molar refractivity (Wildman–Crippen MR) is 76.4 cm³/mol. The molecule has 0 unspecified atom stereocenters. The average Bonchev–Trinajstić information content (AvgIpc) is 2.69. The molecule has 3 N–H and O–H groups in total. The maximum Gasteiger partial charge on any atom is 0.332 e. The summed E-state index contributed by atoms with van der Waals surface area (Å²) >= 11 is 0. The lowest BCUT2D eigenvalue weighted by Gasteiger charge is -2.21. The van der Waals surface area contributed by atoms with Crippen molar-refractivity contribution >= 4 is 29.5 Å². The molecular weight excluding hydrogens is 290 g/mol. The summed E-state index contributed by atoms with van der Waals surface area (Å²) in [6.07, 6.45) is 1.28. The van der Waals surface area contributed by atoms with E-state index in [0.717, 1.165) is 4.90 Å². The van der Waals surface area contributed by atoms with E-state index in [4.69, 9.17) is 5.73 Å². The number of hydrogen-bond donors (Lipinski definition) is 2. The number of hydrogen-bond acceptors (Lipinski definition) is 5. The number of primary amides is 1. The summed E-state index contributed by atoms with van der Waals surface area (Å²) in [7, 11) is 3.14. The predicted octanol–water partition coefficient (Wildman–Crippen LogP) is -1.12. The van der Waals surface area contributed by atoms with Gasteiger partial charge < -0.3 is 10.6 Å². The Bertz CT molecular complexity index is 557. The van der Waals surface area contributed by atoms with Gasteiger partial charge in [-0.3, -0.25) is 19.3 Å². The fourth-order valence-corrected chi connectivity index (χ4v) is 2.75. The zero-order valence-electron chi connectivity index (χ0n) is 12.5. The molecule has 1 aliphatic heterocycles. The number of nitrogens with one attached hydrogen (secondary N) is 1. The highest BCUT2D eigenvalue weighted by Crippen LogP contribution is 2.37. The van der Waals surface area contributed by atoms with Crippen LogP contribution in [0, 0.1) is 11.8 Å². The Hall–Kier alpha value is -2.45. The third-order valence-electron chi connectivity index (χ3n) is 3.97. The molecule has 5 amide bonds. The molecule has 2 fully saturated rings. The number of fused-ring (bicyclic) bond motifs is 1. The summed E-state index contributed by atoms with van der Waals surface area (Å²) in [5.74, 6) is -1.87. The van der Waals surface area contributed by atoms with E-state index >= 15 is 0 Å². The number of nitrogens with zero attached hydrogens (tertiary/aromatic N) is 3. The van der Waals surface area contributed by atoms with E-state index in [9.17, 15) is 19.2 Å². The summed E-state index contributed by atoms with van der Waals surface area (Å²) in [5, 5.41) is 3.85. The number of imide groups is 1. The zero-order chi connectivity index (χ0) is 16.4. The molecule has 0 aromatic rings. The molecule has 2 aliphatic rings. The minimum absolute atomic E-state index is 0.232. The van der Waals surface area contributed by atoms with Gasteiger partial charge in [0, 0.05) is 19.8 Å². The lowest BCUT2D eigenvalue weighted by molar-refractivity contribution is -0.145. The Morgan fingerprint density at radius 3 is 2.55 bits per heavy atom. The molecule has 2 rings (SSSR count). The quantitative estimate of drug-likeness (QED) is 0.506. The minimum Gasteiger partial charge on any atom is -0.350 e. The number of likely N-dealkylation sites (N-methyl/N-ethyl adjacent to an activating group) is 1. The third kappa shape index (κ3) is 3.07. The van der Waals surface area contributed by atoms with Gasteiger partial charge in [0.2, 0.25) is 17.7 Å². The van der Waals surface area contributed by atoms with Crippen LogP contribution in [-0.2, 0) is 14.4 Å². The zero-order valence-corrected chi connectivity index (χ0v) is 12.5. The van der Waals surface area contributed by atoms with Gasteiger partial charge in [0.1, 0.15) is 6.54 Å². The molecule has 1 saturated carbocycles. The van der Waals surface area contributed by atoms with E-state index in [1.807, 2.05) is 0 Å². The number of nitrogens with two attached hydrogens (primary N) is 1. The van der Waals surface area contributed by atoms with Crippen molar-refractivity contribution in [1.82, 2.24) is 15.2 Å². The highest BCUT2D eigenvalue weighted by atomic mass is 16.2. The Labute approximate surface area is 127 Å². The van der Waals surface area contributed by atoms with Gasteiger partial charge in [-0.1, -0.05) is 0 Å². The molecule has 0 aromatic heterocycles. The standard InChI is InChI=1S/C13H19N5O4/c1-17(2)10(19)6-18-11(20)8-4-3-7(15-16-13(14)22)5-9(8)12(18)21/h8-9H,3-6H2,1-2H3,(H3,14,16,22)/b15-7+/t8-,9-/m0/s1. The van der Waals surface area contributed by atoms with Gasteiger partial charge in [-0.2, -0.15) is 5.10 Å². The molecule has 0 radical (unpaired) electrons. The normalized spacial score (nSPS) is 26.1. The number of hydrazone groups is 1. The van der Waals surface area contributed by atoms with Crippen LogP contribution in [0.25, 0.3) is 0 Å². The number of amides is 5. The van der Waals surface area contributed by atoms with Crippen molar-refractivity contribution in [3.05, 3.63) is 0 Å². The number of rotatable bonds is 3. The van der Waals surface area contributed by atoms with E-state index in [1.165, 1.54) is 4.90 Å². The van der Waals surface area contributed by atoms with E-state index < -0.39 is 17.9 Å². The molecule has 9 heteroatoms. The molecule has 0 spiro atoms. The van der Waals surface area contributed by atoms with Crippen LogP contribution >= 0.6 is 0 Å². The summed E-state index contributed by atoms with van der Waals surface area (Å²) in [5.41, 5.74) is 7.70. The van der Waals surface area contributed by atoms with Gasteiger partial charge in [0.15, 0.2) is 0 Å². The second kappa shape index (κ2) is 6.12. The van der Waals surface area contributed by atoms with E-state index in [0.29, 0.717) is 25.0 Å². The van der Waals surface area contributed by atoms with E-state index in [1.54, 1.807) is 14.1 Å². The first-order chi connectivity index (χ1) is 10.3. The highest BCUT2D eigenvalue weighted by Gasteiger charge is 2.49. The van der Waals surface area contributed by atoms with Gasteiger partial charge in [0.05, 0.1) is 11.8 Å². The van der Waals surface area contributed by atoms with Crippen LogP contribution in [0.2, 0.25) is 0 Å². The van der Waals surface area contributed by atoms with E-state index in [-0.39, 0.29) is 24.3 Å². The van der Waals surface area contributed by atoms with Crippen molar-refractivity contribution in [2.75, 3.05) is 20.6 Å². The first kappa shape index (κ1) is 15.9. The smallest absolute Gasteiger partial charge is 0.332 e. The maximum absolute atomic E-state index is 12.4. The third-order valence-corrected chi connectivity index (χ3v) is 3.97. The number of urea groups is 1. The largest absolute Gasteiger partial charge is 0.350 e. The highest BCUT2D eigenvalue weighted by molar-refractivity contribution is 6.09. The van der Waals surface area contributed by atoms with Crippen molar-refractivity contribution in [2.24, 2.45) is 22.7 Å². The fourth-order valence-electron chi connectivity index (χ4n) is 2.75. The van der Waals surface area contributed by atoms with Crippen molar-refractivity contribution in [2.45, 2.75) is 19.3 Å². The Morgan fingerprint density at radius 1 is 1.32 bits per heavy atom. The Kier molecular flexibility index (Phi) is 4.43. The fraction of sp³-hybridized carbons (Fsp3) is 0.615. The summed E-state index contributed by atoms with van der Waals surface area (Å²) in [6, 6.07) is -0.776. The van der Waals surface area contributed by atoms with Crippen LogP contribution in [-0.4, -0.2) is 59.9 Å². The molecule has 9 nitrogen and oxygen atoms in total. The number of likely N-dealkylation sites (tertiary alicyclic amines) is 1. The molecule has 1 saturated heterocycles. The first-order valence-corrected chi connectivity index (χ1v) is 6.97. The number of carbonyl (C=O) groups is 4. The van der Waals surface area contributed by atoms with E-state index in [2.05, 4.69) is 10.5 Å². The van der Waals surface area contributed by atoms with Crippen LogP contribution < -0.4 is 11.2 Å². The van der Waals surface area contributed by atoms with Gasteiger partial charge in [-0.15, -0.1) is 0 Å². The van der Waals surface area contributed by atoms with Crippen molar-refractivity contribution in [1.29, 1.82) is 0 Å². The van der Waals surface area contributed by atoms with Crippen LogP contribution in [0.1, 0.15) is 19.3 Å². The van der Waals surface area contributed by atoms with Crippen LogP contribution in [0.3, 0.4) is 0 Å². The molecule has 1 heterocycles. The molecule has 22 heavy (non-hydrogen) atoms. The second-order valence-corrected chi connectivity index (χ2v) is 5.66. The summed E-state index contributed by atoms with van der Waals surface area (Å²) < 4.78 is 0. The van der Waals surface area contributed by atoms with Gasteiger partial charge in [0.25, 0.3) is 0 Å². The molecule has 0 aromatic carbocycles. The summed E-state index contributed by atoms with van der Waals surface area (Å²) in [4.78, 5) is 49.4. The minimum atomic E-state index is -0.776. The lowest BCUT2D eigenvalue weighted by atomic mass is 9.80. The topological polar surface area (TPSA) is 125 Å². The first-order valence-electron chi connectivity index (χ1n) is 6.97. The second-order valence-electron chi connectivity index (χ2n) is 5.66.